The van der Waals surface area contributed by atoms with Gasteiger partial charge in [-0.05, 0) is 12.3 Å². The van der Waals surface area contributed by atoms with Crippen molar-refractivity contribution in [2.24, 2.45) is 15.9 Å². The first-order valence-electron chi connectivity index (χ1n) is 7.92. The van der Waals surface area contributed by atoms with Gasteiger partial charge >= 0.3 is 0 Å². The lowest BCUT2D eigenvalue weighted by Gasteiger charge is -2.36. The summed E-state index contributed by atoms with van der Waals surface area (Å²) < 4.78 is 13.9. The van der Waals surface area contributed by atoms with E-state index in [4.69, 9.17) is 0 Å². The number of alkyl halides is 1. The van der Waals surface area contributed by atoms with Gasteiger partial charge in [0, 0.05) is 32.6 Å². The van der Waals surface area contributed by atoms with Crippen molar-refractivity contribution in [3.8, 4) is 0 Å². The van der Waals surface area contributed by atoms with Crippen molar-refractivity contribution in [1.82, 2.24) is 9.80 Å². The highest BCUT2D eigenvalue weighted by atomic mass is 19.1. The smallest absolute Gasteiger partial charge is 0.289 e. The molecule has 0 aromatic rings. The highest BCUT2D eigenvalue weighted by Gasteiger charge is 2.33. The quantitative estimate of drug-likeness (QED) is 0.736. The van der Waals surface area contributed by atoms with E-state index in [2.05, 4.69) is 16.6 Å². The van der Waals surface area contributed by atoms with E-state index < -0.39 is 12.1 Å². The standard InChI is InChI=1S/C16H23FN4O2/c1-4-5-6-12(22)20-7-9-21(10-8-20)16-18-14(11(2)3)13(17)15(23)19-16/h4,11,13H,1,5-10H2,2-3H3. The van der Waals surface area contributed by atoms with Crippen molar-refractivity contribution in [1.29, 1.82) is 0 Å². The van der Waals surface area contributed by atoms with Gasteiger partial charge in [0.2, 0.25) is 18.0 Å². The van der Waals surface area contributed by atoms with E-state index in [9.17, 15) is 14.0 Å². The summed E-state index contributed by atoms with van der Waals surface area (Å²) in [5, 5.41) is 0. The summed E-state index contributed by atoms with van der Waals surface area (Å²) >= 11 is 0. The number of allylic oxidation sites excluding steroid dienone is 1. The number of nitrogens with zero attached hydrogens (tertiary/aromatic N) is 4. The van der Waals surface area contributed by atoms with Crippen LogP contribution in [0.4, 0.5) is 4.39 Å². The lowest BCUT2D eigenvalue weighted by atomic mass is 10.0. The van der Waals surface area contributed by atoms with Crippen molar-refractivity contribution in [3.05, 3.63) is 12.7 Å². The summed E-state index contributed by atoms with van der Waals surface area (Å²) in [6.07, 6.45) is 1.12. The van der Waals surface area contributed by atoms with Gasteiger partial charge in [-0.3, -0.25) is 9.59 Å². The summed E-state index contributed by atoms with van der Waals surface area (Å²) in [7, 11) is 0. The van der Waals surface area contributed by atoms with Crippen LogP contribution in [-0.4, -0.2) is 65.6 Å². The fourth-order valence-corrected chi connectivity index (χ4v) is 2.58. The Labute approximate surface area is 135 Å². The Morgan fingerprint density at radius 1 is 1.35 bits per heavy atom. The average molecular weight is 322 g/mol. The fourth-order valence-electron chi connectivity index (χ4n) is 2.58. The van der Waals surface area contributed by atoms with Crippen molar-refractivity contribution in [2.75, 3.05) is 26.2 Å². The molecule has 0 aliphatic carbocycles. The lowest BCUT2D eigenvalue weighted by Crippen LogP contribution is -2.51. The largest absolute Gasteiger partial charge is 0.339 e. The minimum atomic E-state index is -1.74. The highest BCUT2D eigenvalue weighted by molar-refractivity contribution is 6.18. The maximum atomic E-state index is 13.9. The number of amides is 2. The molecule has 2 heterocycles. The SMILES string of the molecule is C=CCCC(=O)N1CCN(C2=NC(=O)C(F)C(C(C)C)=N2)CC1. The van der Waals surface area contributed by atoms with Crippen LogP contribution in [0.5, 0.6) is 0 Å². The molecule has 0 saturated carbocycles. The van der Waals surface area contributed by atoms with Crippen LogP contribution in [0.1, 0.15) is 26.7 Å². The van der Waals surface area contributed by atoms with E-state index in [0.717, 1.165) is 0 Å². The minimum absolute atomic E-state index is 0.0985. The summed E-state index contributed by atoms with van der Waals surface area (Å²) in [6, 6.07) is 0. The molecule has 126 valence electrons. The molecule has 1 unspecified atom stereocenters. The first kappa shape index (κ1) is 17.3. The average Bonchev–Trinajstić information content (AvgIpc) is 2.54. The summed E-state index contributed by atoms with van der Waals surface area (Å²) in [4.78, 5) is 35.3. The van der Waals surface area contributed by atoms with E-state index in [0.29, 0.717) is 39.0 Å². The first-order chi connectivity index (χ1) is 10.9. The molecule has 2 rings (SSSR count). The molecular formula is C16H23FN4O2. The minimum Gasteiger partial charge on any atom is -0.339 e. The third-order valence-electron chi connectivity index (χ3n) is 3.98. The second kappa shape index (κ2) is 7.48. The number of halogens is 1. The normalized spacial score (nSPS) is 22.1. The van der Waals surface area contributed by atoms with Crippen LogP contribution in [-0.2, 0) is 9.59 Å². The summed E-state index contributed by atoms with van der Waals surface area (Å²) in [5.41, 5.74) is 0.226. The van der Waals surface area contributed by atoms with Gasteiger partial charge in [0.25, 0.3) is 5.91 Å². The van der Waals surface area contributed by atoms with Gasteiger partial charge in [-0.1, -0.05) is 19.9 Å². The van der Waals surface area contributed by atoms with Gasteiger partial charge in [-0.25, -0.2) is 9.38 Å². The molecule has 7 heteroatoms. The number of hydrogen-bond donors (Lipinski definition) is 0. The van der Waals surface area contributed by atoms with Crippen LogP contribution >= 0.6 is 0 Å². The van der Waals surface area contributed by atoms with Crippen molar-refractivity contribution in [2.45, 2.75) is 32.9 Å². The summed E-state index contributed by atoms with van der Waals surface area (Å²) in [5.74, 6) is -0.573. The molecule has 1 fully saturated rings. The Bertz CT molecular complexity index is 548. The van der Waals surface area contributed by atoms with Gasteiger partial charge < -0.3 is 9.80 Å². The topological polar surface area (TPSA) is 65.3 Å². The van der Waals surface area contributed by atoms with E-state index in [1.165, 1.54) is 0 Å². The molecule has 0 aromatic heterocycles. The predicted octanol–water partition coefficient (Wildman–Crippen LogP) is 1.43. The lowest BCUT2D eigenvalue weighted by molar-refractivity contribution is -0.132. The molecule has 1 atom stereocenters. The van der Waals surface area contributed by atoms with Crippen LogP contribution < -0.4 is 0 Å². The van der Waals surface area contributed by atoms with Gasteiger partial charge in [0.15, 0.2) is 0 Å². The number of carbonyl (C=O) groups is 2. The molecule has 6 nitrogen and oxygen atoms in total. The maximum Gasteiger partial charge on any atom is 0.289 e. The Balaban J connectivity index is 2.00. The van der Waals surface area contributed by atoms with E-state index in [1.54, 1.807) is 24.8 Å². The zero-order valence-electron chi connectivity index (χ0n) is 13.7. The predicted molar refractivity (Wildman–Crippen MR) is 87.2 cm³/mol. The molecule has 2 amide bonds. The second-order valence-corrected chi connectivity index (χ2v) is 6.00. The number of rotatable bonds is 4. The van der Waals surface area contributed by atoms with E-state index >= 15 is 0 Å². The molecule has 0 aromatic carbocycles. The van der Waals surface area contributed by atoms with Crippen LogP contribution in [0.2, 0.25) is 0 Å². The van der Waals surface area contributed by atoms with Gasteiger partial charge in [0.1, 0.15) is 0 Å². The fraction of sp³-hybridized carbons (Fsp3) is 0.625. The first-order valence-corrected chi connectivity index (χ1v) is 7.92. The van der Waals surface area contributed by atoms with Crippen LogP contribution in [0.3, 0.4) is 0 Å². The molecule has 23 heavy (non-hydrogen) atoms. The maximum absolute atomic E-state index is 13.9. The molecule has 0 N–H and O–H groups in total. The van der Waals surface area contributed by atoms with Crippen LogP contribution in [0.15, 0.2) is 22.6 Å². The zero-order valence-corrected chi connectivity index (χ0v) is 13.7. The Morgan fingerprint density at radius 2 is 2.00 bits per heavy atom. The number of hydrogen-bond acceptors (Lipinski definition) is 4. The molecule has 1 saturated heterocycles. The Kier molecular flexibility index (Phi) is 5.63. The molecule has 0 spiro atoms. The molecule has 0 radical (unpaired) electrons. The molecule has 0 bridgehead atoms. The molecule has 2 aliphatic rings. The third kappa shape index (κ3) is 4.03. The van der Waals surface area contributed by atoms with Gasteiger partial charge in [-0.2, -0.15) is 4.99 Å². The molecular weight excluding hydrogens is 299 g/mol. The van der Waals surface area contributed by atoms with Crippen LogP contribution in [0.25, 0.3) is 0 Å². The van der Waals surface area contributed by atoms with Gasteiger partial charge in [-0.15, -0.1) is 6.58 Å². The second-order valence-electron chi connectivity index (χ2n) is 6.00. The Morgan fingerprint density at radius 3 is 2.57 bits per heavy atom. The zero-order chi connectivity index (χ0) is 17.0. The highest BCUT2D eigenvalue weighted by Crippen LogP contribution is 2.16. The van der Waals surface area contributed by atoms with E-state index in [1.807, 2.05) is 4.90 Å². The van der Waals surface area contributed by atoms with Crippen molar-refractivity contribution in [3.63, 3.8) is 0 Å². The number of guanidine groups is 1. The van der Waals surface area contributed by atoms with Gasteiger partial charge in [0.05, 0.1) is 5.71 Å². The number of carbonyl (C=O) groups excluding carboxylic acids is 2. The third-order valence-corrected chi connectivity index (χ3v) is 3.98. The Hall–Kier alpha value is -2.05. The van der Waals surface area contributed by atoms with Crippen molar-refractivity contribution < 1.29 is 14.0 Å². The number of aliphatic imine (C=N–C) groups is 2. The van der Waals surface area contributed by atoms with Crippen LogP contribution in [0, 0.1) is 5.92 Å². The van der Waals surface area contributed by atoms with Crippen molar-refractivity contribution >= 4 is 23.5 Å². The summed E-state index contributed by atoms with van der Waals surface area (Å²) in [6.45, 7) is 9.40. The monoisotopic (exact) mass is 322 g/mol. The molecule has 2 aliphatic heterocycles. The number of piperazine rings is 1. The van der Waals surface area contributed by atoms with E-state index in [-0.39, 0.29) is 23.5 Å².